The number of hydrogen-bond acceptors (Lipinski definition) is 3. The van der Waals surface area contributed by atoms with Gasteiger partial charge in [0.05, 0.1) is 12.8 Å². The van der Waals surface area contributed by atoms with Crippen molar-refractivity contribution in [3.05, 3.63) is 23.8 Å². The lowest BCUT2D eigenvalue weighted by Gasteiger charge is -2.28. The van der Waals surface area contributed by atoms with Crippen LogP contribution >= 0.6 is 0 Å². The summed E-state index contributed by atoms with van der Waals surface area (Å²) in [6, 6.07) is 6.27. The van der Waals surface area contributed by atoms with Crippen molar-refractivity contribution in [2.45, 2.75) is 45.6 Å². The average Bonchev–Trinajstić information content (AvgIpc) is 2.27. The zero-order chi connectivity index (χ0) is 14.0. The van der Waals surface area contributed by atoms with Gasteiger partial charge in [-0.3, -0.25) is 0 Å². The van der Waals surface area contributed by atoms with Crippen LogP contribution in [0.4, 0.5) is 5.69 Å². The third kappa shape index (κ3) is 3.64. The maximum atomic E-state index is 5.77. The Hall–Kier alpha value is -1.22. The minimum Gasteiger partial charge on any atom is -0.495 e. The van der Waals surface area contributed by atoms with Gasteiger partial charge in [-0.2, -0.15) is 0 Å². The fourth-order valence-electron chi connectivity index (χ4n) is 1.69. The van der Waals surface area contributed by atoms with Gasteiger partial charge in [-0.05, 0) is 37.0 Å². The van der Waals surface area contributed by atoms with Gasteiger partial charge in [-0.15, -0.1) is 0 Å². The molecule has 0 aliphatic rings. The van der Waals surface area contributed by atoms with Gasteiger partial charge in [0.1, 0.15) is 5.75 Å². The van der Waals surface area contributed by atoms with E-state index in [2.05, 4.69) is 52.1 Å². The first-order valence-corrected chi connectivity index (χ1v) is 6.36. The van der Waals surface area contributed by atoms with Crippen LogP contribution in [0.15, 0.2) is 18.2 Å². The van der Waals surface area contributed by atoms with Crippen LogP contribution in [0.5, 0.6) is 5.75 Å². The fourth-order valence-corrected chi connectivity index (χ4v) is 1.69. The lowest BCUT2D eigenvalue weighted by molar-refractivity contribution is 0.414. The van der Waals surface area contributed by atoms with Gasteiger partial charge in [0, 0.05) is 12.1 Å². The third-order valence-corrected chi connectivity index (χ3v) is 3.05. The van der Waals surface area contributed by atoms with Crippen molar-refractivity contribution in [1.29, 1.82) is 0 Å². The highest BCUT2D eigenvalue weighted by Crippen LogP contribution is 2.32. The van der Waals surface area contributed by atoms with Gasteiger partial charge in [0.15, 0.2) is 0 Å². The van der Waals surface area contributed by atoms with Gasteiger partial charge in [-0.25, -0.2) is 0 Å². The predicted molar refractivity (Wildman–Crippen MR) is 78.5 cm³/mol. The Morgan fingerprint density at radius 1 is 1.17 bits per heavy atom. The molecule has 1 rings (SSSR count). The van der Waals surface area contributed by atoms with Crippen LogP contribution < -0.4 is 15.8 Å². The summed E-state index contributed by atoms with van der Waals surface area (Å²) in [4.78, 5) is 0. The van der Waals surface area contributed by atoms with Crippen LogP contribution in [0.25, 0.3) is 0 Å². The van der Waals surface area contributed by atoms with E-state index in [1.807, 2.05) is 6.07 Å². The third-order valence-electron chi connectivity index (χ3n) is 3.05. The lowest BCUT2D eigenvalue weighted by Crippen LogP contribution is -2.39. The number of methoxy groups -OCH3 is 1. The van der Waals surface area contributed by atoms with Crippen molar-refractivity contribution in [1.82, 2.24) is 0 Å². The Balaban J connectivity index is 3.15. The summed E-state index contributed by atoms with van der Waals surface area (Å²) < 4.78 is 5.40. The second kappa shape index (κ2) is 5.19. The molecule has 3 N–H and O–H groups in total. The summed E-state index contributed by atoms with van der Waals surface area (Å²) in [6.07, 6.45) is 0. The zero-order valence-corrected chi connectivity index (χ0v) is 12.4. The molecule has 0 spiro atoms. The van der Waals surface area contributed by atoms with E-state index in [1.165, 1.54) is 5.56 Å². The van der Waals surface area contributed by atoms with Crippen LogP contribution in [0.1, 0.15) is 40.2 Å². The number of hydrogen-bond donors (Lipinski definition) is 2. The van der Waals surface area contributed by atoms with E-state index in [0.717, 1.165) is 11.4 Å². The number of ether oxygens (including phenoxy) is 1. The smallest absolute Gasteiger partial charge is 0.141 e. The van der Waals surface area contributed by atoms with Crippen molar-refractivity contribution < 1.29 is 4.74 Å². The molecular weight excluding hydrogens is 224 g/mol. The van der Waals surface area contributed by atoms with Crippen LogP contribution in [-0.2, 0) is 5.41 Å². The Bertz CT molecular complexity index is 405. The van der Waals surface area contributed by atoms with E-state index in [1.54, 1.807) is 7.11 Å². The van der Waals surface area contributed by atoms with Crippen molar-refractivity contribution >= 4 is 5.69 Å². The summed E-state index contributed by atoms with van der Waals surface area (Å²) in [5.41, 5.74) is 8.01. The Kier molecular flexibility index (Phi) is 4.28. The Morgan fingerprint density at radius 2 is 1.78 bits per heavy atom. The molecule has 0 unspecified atom stereocenters. The molecule has 1 aromatic rings. The largest absolute Gasteiger partial charge is 0.495 e. The molecule has 0 amide bonds. The first kappa shape index (κ1) is 14.8. The van der Waals surface area contributed by atoms with Gasteiger partial charge in [0.2, 0.25) is 0 Å². The van der Waals surface area contributed by atoms with E-state index >= 15 is 0 Å². The molecule has 0 bridgehead atoms. The molecule has 0 fully saturated rings. The zero-order valence-electron chi connectivity index (χ0n) is 12.4. The molecule has 18 heavy (non-hydrogen) atoms. The van der Waals surface area contributed by atoms with E-state index in [-0.39, 0.29) is 11.0 Å². The monoisotopic (exact) mass is 250 g/mol. The van der Waals surface area contributed by atoms with Crippen LogP contribution in [0.3, 0.4) is 0 Å². The van der Waals surface area contributed by atoms with Gasteiger partial charge < -0.3 is 15.8 Å². The first-order chi connectivity index (χ1) is 8.19. The summed E-state index contributed by atoms with van der Waals surface area (Å²) in [5.74, 6) is 0.851. The quantitative estimate of drug-likeness (QED) is 0.863. The molecule has 0 heterocycles. The summed E-state index contributed by atoms with van der Waals surface area (Å²) in [7, 11) is 1.69. The van der Waals surface area contributed by atoms with Gasteiger partial charge in [0.25, 0.3) is 0 Å². The molecule has 3 nitrogen and oxygen atoms in total. The second-order valence-corrected chi connectivity index (χ2v) is 6.38. The SMILES string of the molecule is COc1ccc(C(C)(C)C)cc1NC(C)(C)CN. The number of benzene rings is 1. The van der Waals surface area contributed by atoms with Gasteiger partial charge in [-0.1, -0.05) is 26.8 Å². The highest BCUT2D eigenvalue weighted by molar-refractivity contribution is 5.60. The number of nitrogens with two attached hydrogens (primary N) is 1. The molecule has 102 valence electrons. The molecule has 0 aliphatic heterocycles. The number of nitrogens with one attached hydrogen (secondary N) is 1. The van der Waals surface area contributed by atoms with Gasteiger partial charge >= 0.3 is 0 Å². The van der Waals surface area contributed by atoms with Crippen molar-refractivity contribution in [2.75, 3.05) is 19.0 Å². The summed E-state index contributed by atoms with van der Waals surface area (Å²) in [6.45, 7) is 11.3. The second-order valence-electron chi connectivity index (χ2n) is 6.38. The van der Waals surface area contributed by atoms with Crippen LogP contribution in [-0.4, -0.2) is 19.2 Å². The molecule has 3 heteroatoms. The first-order valence-electron chi connectivity index (χ1n) is 6.36. The Labute approximate surface area is 111 Å². The minimum atomic E-state index is -0.149. The normalized spacial score (nSPS) is 12.4. The highest BCUT2D eigenvalue weighted by atomic mass is 16.5. The fraction of sp³-hybridized carbons (Fsp3) is 0.600. The van der Waals surface area contributed by atoms with E-state index in [4.69, 9.17) is 10.5 Å². The van der Waals surface area contributed by atoms with Crippen molar-refractivity contribution in [3.8, 4) is 5.75 Å². The molecular formula is C15H26N2O. The highest BCUT2D eigenvalue weighted by Gasteiger charge is 2.20. The minimum absolute atomic E-state index is 0.121. The van der Waals surface area contributed by atoms with E-state index < -0.39 is 0 Å². The van der Waals surface area contributed by atoms with Crippen LogP contribution in [0.2, 0.25) is 0 Å². The molecule has 0 atom stereocenters. The van der Waals surface area contributed by atoms with Crippen molar-refractivity contribution in [2.24, 2.45) is 5.73 Å². The molecule has 0 radical (unpaired) electrons. The predicted octanol–water partition coefficient (Wildman–Crippen LogP) is 3.14. The van der Waals surface area contributed by atoms with E-state index in [9.17, 15) is 0 Å². The lowest BCUT2D eigenvalue weighted by atomic mass is 9.86. The Morgan fingerprint density at radius 3 is 2.22 bits per heavy atom. The van der Waals surface area contributed by atoms with Crippen LogP contribution in [0, 0.1) is 0 Å². The van der Waals surface area contributed by atoms with E-state index in [0.29, 0.717) is 6.54 Å². The maximum Gasteiger partial charge on any atom is 0.141 e. The molecule has 0 saturated heterocycles. The number of rotatable bonds is 4. The molecule has 0 saturated carbocycles. The summed E-state index contributed by atoms with van der Waals surface area (Å²) >= 11 is 0. The number of anilines is 1. The molecule has 1 aromatic carbocycles. The maximum absolute atomic E-state index is 5.77. The summed E-state index contributed by atoms with van der Waals surface area (Å²) in [5, 5.41) is 3.45. The molecule has 0 aliphatic carbocycles. The average molecular weight is 250 g/mol. The topological polar surface area (TPSA) is 47.3 Å². The standard InChI is InChI=1S/C15H26N2O/c1-14(2,3)11-7-8-13(18-6)12(9-11)17-15(4,5)10-16/h7-9,17H,10,16H2,1-6H3. The van der Waals surface area contributed by atoms with Crippen molar-refractivity contribution in [3.63, 3.8) is 0 Å². The molecule has 0 aromatic heterocycles.